The second-order valence-corrected chi connectivity index (χ2v) is 7.53. The Morgan fingerprint density at radius 3 is 2.40 bits per heavy atom. The van der Waals surface area contributed by atoms with E-state index in [2.05, 4.69) is 9.88 Å². The van der Waals surface area contributed by atoms with Crippen LogP contribution in [0.5, 0.6) is 0 Å². The van der Waals surface area contributed by atoms with Crippen LogP contribution < -0.4 is 5.32 Å². The summed E-state index contributed by atoms with van der Waals surface area (Å²) in [4.78, 5) is 12.7. The van der Waals surface area contributed by atoms with Crippen LogP contribution in [0.25, 0.3) is 5.69 Å². The lowest BCUT2D eigenvalue weighted by Gasteiger charge is -2.15. The van der Waals surface area contributed by atoms with Crippen LogP contribution in [0.15, 0.2) is 30.3 Å². The lowest BCUT2D eigenvalue weighted by atomic mass is 10.1. The summed E-state index contributed by atoms with van der Waals surface area (Å²) in [5.41, 5.74) is 3.91. The first-order valence-corrected chi connectivity index (χ1v) is 9.65. The molecule has 1 saturated carbocycles. The van der Waals surface area contributed by atoms with Gasteiger partial charge in [0, 0.05) is 33.7 Å². The molecule has 25 heavy (non-hydrogen) atoms. The van der Waals surface area contributed by atoms with Crippen LogP contribution in [0.4, 0.5) is 0 Å². The Labute approximate surface area is 155 Å². The molecule has 3 rings (SSSR count). The van der Waals surface area contributed by atoms with Gasteiger partial charge in [-0.25, -0.2) is 0 Å². The van der Waals surface area contributed by atoms with E-state index in [1.807, 2.05) is 44.2 Å². The first kappa shape index (κ1) is 18.2. The molecule has 0 aliphatic heterocycles. The number of halogens is 1. The number of hydrogen-bond acceptors (Lipinski definition) is 2. The first-order chi connectivity index (χ1) is 12.1. The number of rotatable bonds is 5. The Kier molecular flexibility index (Phi) is 5.98. The molecule has 134 valence electrons. The monoisotopic (exact) mass is 358 g/mol. The predicted molar refractivity (Wildman–Crippen MR) is 104 cm³/mol. The maximum Gasteiger partial charge on any atom is 0.178 e. The maximum atomic E-state index is 12.7. The van der Waals surface area contributed by atoms with Gasteiger partial charge in [0.1, 0.15) is 0 Å². The van der Waals surface area contributed by atoms with Gasteiger partial charge in [-0.05, 0) is 57.0 Å². The summed E-state index contributed by atoms with van der Waals surface area (Å²) in [6.45, 7) is 4.48. The summed E-state index contributed by atoms with van der Waals surface area (Å²) < 4.78 is 2.12. The summed E-state index contributed by atoms with van der Waals surface area (Å²) in [5.74, 6) is 0.178. The van der Waals surface area contributed by atoms with Crippen LogP contribution in [0.1, 0.15) is 60.3 Å². The number of carbonyl (C=O) groups is 1. The zero-order valence-corrected chi connectivity index (χ0v) is 15.9. The van der Waals surface area contributed by atoms with Crippen molar-refractivity contribution < 1.29 is 4.79 Å². The minimum Gasteiger partial charge on any atom is -0.318 e. The fourth-order valence-electron chi connectivity index (χ4n) is 3.85. The number of aromatic nitrogens is 1. The van der Waals surface area contributed by atoms with Crippen molar-refractivity contribution in [3.05, 3.63) is 52.3 Å². The highest BCUT2D eigenvalue weighted by Crippen LogP contribution is 2.23. The number of benzene rings is 1. The highest BCUT2D eigenvalue weighted by Gasteiger charge is 2.18. The maximum absolute atomic E-state index is 12.7. The zero-order chi connectivity index (χ0) is 17.8. The van der Waals surface area contributed by atoms with E-state index in [0.29, 0.717) is 12.6 Å². The molecule has 1 aromatic carbocycles. The summed E-state index contributed by atoms with van der Waals surface area (Å²) in [5, 5.41) is 4.20. The third-order valence-electron chi connectivity index (χ3n) is 5.22. The highest BCUT2D eigenvalue weighted by molar-refractivity contribution is 6.30. The van der Waals surface area contributed by atoms with Gasteiger partial charge in [0.15, 0.2) is 5.78 Å². The molecule has 0 atom stereocenters. The molecule has 1 aliphatic rings. The Morgan fingerprint density at radius 2 is 1.76 bits per heavy atom. The van der Waals surface area contributed by atoms with Crippen molar-refractivity contribution in [1.29, 1.82) is 0 Å². The van der Waals surface area contributed by atoms with E-state index in [0.717, 1.165) is 27.7 Å². The second-order valence-electron chi connectivity index (χ2n) is 7.09. The second kappa shape index (κ2) is 8.20. The van der Waals surface area contributed by atoms with Crippen molar-refractivity contribution in [1.82, 2.24) is 9.88 Å². The largest absolute Gasteiger partial charge is 0.318 e. The van der Waals surface area contributed by atoms with E-state index in [9.17, 15) is 4.79 Å². The van der Waals surface area contributed by atoms with Crippen LogP contribution in [0, 0.1) is 13.8 Å². The van der Waals surface area contributed by atoms with Crippen molar-refractivity contribution in [2.24, 2.45) is 0 Å². The van der Waals surface area contributed by atoms with Crippen molar-refractivity contribution in [2.75, 3.05) is 6.54 Å². The lowest BCUT2D eigenvalue weighted by Crippen LogP contribution is -2.33. The highest BCUT2D eigenvalue weighted by atomic mass is 35.5. The Morgan fingerprint density at radius 1 is 1.12 bits per heavy atom. The van der Waals surface area contributed by atoms with Gasteiger partial charge in [-0.1, -0.05) is 37.3 Å². The Bertz CT molecular complexity index is 725. The van der Waals surface area contributed by atoms with Crippen molar-refractivity contribution in [3.63, 3.8) is 0 Å². The normalized spacial score (nSPS) is 16.0. The predicted octanol–water partition coefficient (Wildman–Crippen LogP) is 5.24. The van der Waals surface area contributed by atoms with E-state index in [1.165, 1.54) is 38.5 Å². The SMILES string of the molecule is Cc1cc(C(=O)CNC2CCCCCC2)c(C)n1-c1ccc(Cl)cc1. The molecule has 3 nitrogen and oxygen atoms in total. The number of hydrogen-bond donors (Lipinski definition) is 1. The summed E-state index contributed by atoms with van der Waals surface area (Å²) >= 11 is 5.99. The minimum absolute atomic E-state index is 0.178. The van der Waals surface area contributed by atoms with Crippen LogP contribution in [0.2, 0.25) is 5.02 Å². The molecule has 2 aromatic rings. The number of Topliss-reactive ketones (excluding diaryl/α,β-unsaturated/α-hetero) is 1. The topological polar surface area (TPSA) is 34.0 Å². The van der Waals surface area contributed by atoms with E-state index in [1.54, 1.807) is 0 Å². The molecular weight excluding hydrogens is 332 g/mol. The van der Waals surface area contributed by atoms with Gasteiger partial charge in [0.25, 0.3) is 0 Å². The van der Waals surface area contributed by atoms with Crippen molar-refractivity contribution >= 4 is 17.4 Å². The molecule has 0 amide bonds. The molecule has 0 bridgehead atoms. The average Bonchev–Trinajstić information content (AvgIpc) is 2.79. The third-order valence-corrected chi connectivity index (χ3v) is 5.47. The molecule has 0 spiro atoms. The minimum atomic E-state index is 0.178. The van der Waals surface area contributed by atoms with Gasteiger partial charge in [-0.15, -0.1) is 0 Å². The third kappa shape index (κ3) is 4.34. The fourth-order valence-corrected chi connectivity index (χ4v) is 3.97. The molecule has 1 fully saturated rings. The fraction of sp³-hybridized carbons (Fsp3) is 0.476. The molecule has 4 heteroatoms. The summed E-state index contributed by atoms with van der Waals surface area (Å²) in [6, 6.07) is 10.2. The summed E-state index contributed by atoms with van der Waals surface area (Å²) in [7, 11) is 0. The quantitative estimate of drug-likeness (QED) is 0.585. The molecule has 0 saturated heterocycles. The van der Waals surface area contributed by atoms with Crippen LogP contribution in [-0.4, -0.2) is 22.9 Å². The number of ketones is 1. The smallest absolute Gasteiger partial charge is 0.178 e. The molecule has 1 aromatic heterocycles. The Hall–Kier alpha value is -1.58. The molecule has 1 aliphatic carbocycles. The van der Waals surface area contributed by atoms with Crippen molar-refractivity contribution in [3.8, 4) is 5.69 Å². The average molecular weight is 359 g/mol. The van der Waals surface area contributed by atoms with Gasteiger partial charge in [-0.2, -0.15) is 0 Å². The lowest BCUT2D eigenvalue weighted by molar-refractivity contribution is 0.0985. The van der Waals surface area contributed by atoms with Crippen LogP contribution in [-0.2, 0) is 0 Å². The van der Waals surface area contributed by atoms with Gasteiger partial charge in [-0.3, -0.25) is 4.79 Å². The number of carbonyl (C=O) groups excluding carboxylic acids is 1. The Balaban J connectivity index is 1.72. The van der Waals surface area contributed by atoms with E-state index in [-0.39, 0.29) is 5.78 Å². The van der Waals surface area contributed by atoms with Crippen LogP contribution >= 0.6 is 11.6 Å². The molecule has 1 N–H and O–H groups in total. The van der Waals surface area contributed by atoms with Gasteiger partial charge >= 0.3 is 0 Å². The van der Waals surface area contributed by atoms with Gasteiger partial charge in [0.05, 0.1) is 6.54 Å². The number of nitrogens with zero attached hydrogens (tertiary/aromatic N) is 1. The standard InChI is InChI=1S/C21H27ClN2O/c1-15-13-20(16(2)24(15)19-11-9-17(22)10-12-19)21(25)14-23-18-7-5-3-4-6-8-18/h9-13,18,23H,3-8,14H2,1-2H3. The number of aryl methyl sites for hydroxylation is 1. The molecule has 0 radical (unpaired) electrons. The zero-order valence-electron chi connectivity index (χ0n) is 15.1. The molecular formula is C21H27ClN2O. The molecule has 1 heterocycles. The van der Waals surface area contributed by atoms with Crippen molar-refractivity contribution in [2.45, 2.75) is 58.4 Å². The molecule has 0 unspecified atom stereocenters. The van der Waals surface area contributed by atoms with Gasteiger partial charge in [0.2, 0.25) is 0 Å². The van der Waals surface area contributed by atoms with Gasteiger partial charge < -0.3 is 9.88 Å². The van der Waals surface area contributed by atoms with E-state index < -0.39 is 0 Å². The van der Waals surface area contributed by atoms with E-state index in [4.69, 9.17) is 11.6 Å². The number of nitrogens with one attached hydrogen (secondary N) is 1. The summed E-state index contributed by atoms with van der Waals surface area (Å²) in [6.07, 6.45) is 7.59. The van der Waals surface area contributed by atoms with Crippen LogP contribution in [0.3, 0.4) is 0 Å². The first-order valence-electron chi connectivity index (χ1n) is 9.27. The van der Waals surface area contributed by atoms with E-state index >= 15 is 0 Å².